The summed E-state index contributed by atoms with van der Waals surface area (Å²) in [5.74, 6) is 4.75. The molecule has 3 aromatic rings. The monoisotopic (exact) mass is 410 g/mol. The topological polar surface area (TPSA) is 141 Å². The Morgan fingerprint density at radius 1 is 1.22 bits per heavy atom. The van der Waals surface area contributed by atoms with Gasteiger partial charge in [-0.25, -0.2) is 19.2 Å². The lowest BCUT2D eigenvalue weighted by atomic mass is 10.2. The highest BCUT2D eigenvalue weighted by Gasteiger charge is 2.21. The van der Waals surface area contributed by atoms with Gasteiger partial charge < -0.3 is 4.74 Å². The normalized spacial score (nSPS) is 10.9. The van der Waals surface area contributed by atoms with E-state index < -0.39 is 15.9 Å². The van der Waals surface area contributed by atoms with Crippen LogP contribution in [0, 0.1) is 0 Å². The molecule has 2 aromatic heterocycles. The summed E-state index contributed by atoms with van der Waals surface area (Å²) in [5.41, 5.74) is 2.75. The maximum absolute atomic E-state index is 12.7. The van der Waals surface area contributed by atoms with Crippen LogP contribution in [-0.4, -0.2) is 36.2 Å². The van der Waals surface area contributed by atoms with Crippen LogP contribution in [0.5, 0.6) is 5.75 Å². The van der Waals surface area contributed by atoms with E-state index in [-0.39, 0.29) is 29.8 Å². The van der Waals surface area contributed by atoms with Gasteiger partial charge in [0.05, 0.1) is 18.8 Å². The predicted molar refractivity (Wildman–Crippen MR) is 104 cm³/mol. The number of fused-ring (bicyclic) bond motifs is 1. The number of carbonyl (C=O) groups excluding carboxylic acids is 1. The largest absolute Gasteiger partial charge is 0.494 e. The number of amides is 1. The Bertz CT molecular complexity index is 1080. The van der Waals surface area contributed by atoms with Crippen molar-refractivity contribution < 1.29 is 17.9 Å². The lowest BCUT2D eigenvalue weighted by Crippen LogP contribution is -2.30. The highest BCUT2D eigenvalue weighted by molar-refractivity contribution is 7.92. The van der Waals surface area contributed by atoms with E-state index in [2.05, 4.69) is 14.8 Å². The molecule has 0 aliphatic heterocycles. The van der Waals surface area contributed by atoms with Crippen molar-refractivity contribution in [1.82, 2.24) is 20.2 Å². The molecule has 0 aliphatic rings. The fourth-order valence-corrected chi connectivity index (χ4v) is 3.48. The molecule has 4 N–H and O–H groups in total. The Balaban J connectivity index is 0.00000261. The molecule has 0 saturated heterocycles. The number of methoxy groups -OCH3 is 1. The molecule has 10 nitrogen and oxygen atoms in total. The summed E-state index contributed by atoms with van der Waals surface area (Å²) in [4.78, 5) is 15.1. The number of hydrogen-bond acceptors (Lipinski definition) is 7. The van der Waals surface area contributed by atoms with E-state index in [4.69, 9.17) is 10.6 Å². The Labute approximate surface area is 162 Å². The van der Waals surface area contributed by atoms with Crippen molar-refractivity contribution in [3.63, 3.8) is 0 Å². The maximum Gasteiger partial charge on any atom is 0.283 e. The number of sulfonamides is 1. The van der Waals surface area contributed by atoms with Crippen LogP contribution in [0.4, 0.5) is 5.69 Å². The number of aromatic nitrogens is 3. The first-order valence-electron chi connectivity index (χ1n) is 7.36. The molecule has 1 amide bonds. The number of nitrogens with two attached hydrogens (primary N) is 1. The third-order valence-corrected chi connectivity index (χ3v) is 5.07. The molecule has 144 valence electrons. The average Bonchev–Trinajstić information content (AvgIpc) is 3.02. The lowest BCUT2D eigenvalue weighted by molar-refractivity contribution is 0.0948. The number of pyridine rings is 1. The molecule has 0 saturated carbocycles. The zero-order valence-electron chi connectivity index (χ0n) is 14.4. The van der Waals surface area contributed by atoms with Crippen LogP contribution in [0.1, 0.15) is 10.5 Å². The highest BCUT2D eigenvalue weighted by atomic mass is 32.2. The molecule has 3 rings (SSSR count). The summed E-state index contributed by atoms with van der Waals surface area (Å²) in [6.45, 7) is 0. The summed E-state index contributed by atoms with van der Waals surface area (Å²) in [5, 5.41) is 4.88. The number of anilines is 1. The highest BCUT2D eigenvalue weighted by Crippen LogP contribution is 2.34. The van der Waals surface area contributed by atoms with Gasteiger partial charge in [-0.15, -0.1) is 0 Å². The number of rotatable bonds is 5. The van der Waals surface area contributed by atoms with E-state index in [1.807, 2.05) is 5.43 Å². The van der Waals surface area contributed by atoms with Crippen LogP contribution < -0.4 is 20.7 Å². The minimum absolute atomic E-state index is 0. The molecule has 12 heteroatoms. The van der Waals surface area contributed by atoms with Gasteiger partial charge in [0.2, 0.25) is 0 Å². The van der Waals surface area contributed by atoms with Crippen molar-refractivity contribution in [1.29, 1.82) is 0 Å². The van der Waals surface area contributed by atoms with Crippen LogP contribution in [0.3, 0.4) is 0 Å². The van der Waals surface area contributed by atoms with Gasteiger partial charge in [-0.2, -0.15) is 18.6 Å². The van der Waals surface area contributed by atoms with Gasteiger partial charge in [-0.05, 0) is 24.3 Å². The van der Waals surface area contributed by atoms with Gasteiger partial charge in [0.1, 0.15) is 22.0 Å². The second kappa shape index (κ2) is 7.82. The van der Waals surface area contributed by atoms with E-state index in [0.29, 0.717) is 11.3 Å². The zero-order valence-corrected chi connectivity index (χ0v) is 16.2. The molecule has 0 aliphatic carbocycles. The maximum atomic E-state index is 12.7. The van der Waals surface area contributed by atoms with Crippen LogP contribution in [0.15, 0.2) is 41.6 Å². The second-order valence-electron chi connectivity index (χ2n) is 5.31. The van der Waals surface area contributed by atoms with E-state index in [1.165, 1.54) is 19.2 Å². The number of carbonyl (C=O) groups is 1. The number of aryl methyl sites for hydroxylation is 1. The van der Waals surface area contributed by atoms with Crippen molar-refractivity contribution in [2.45, 2.75) is 4.90 Å². The fraction of sp³-hybridized carbons (Fsp3) is 0.133. The van der Waals surface area contributed by atoms with Crippen molar-refractivity contribution in [3.8, 4) is 5.75 Å². The molecule has 27 heavy (non-hydrogen) atoms. The number of hydrogen-bond donors (Lipinski definition) is 3. The smallest absolute Gasteiger partial charge is 0.283 e. The average molecular weight is 410 g/mol. The molecule has 0 bridgehead atoms. The summed E-state index contributed by atoms with van der Waals surface area (Å²) in [6.07, 6.45) is 2.69. The van der Waals surface area contributed by atoms with Gasteiger partial charge in [0.25, 0.3) is 15.9 Å². The molecule has 1 aromatic carbocycles. The third kappa shape index (κ3) is 3.82. The minimum Gasteiger partial charge on any atom is -0.494 e. The van der Waals surface area contributed by atoms with Crippen molar-refractivity contribution in [2.75, 3.05) is 11.8 Å². The molecule has 0 spiro atoms. The number of nitrogen functional groups attached to an aromatic ring is 1. The van der Waals surface area contributed by atoms with Crippen LogP contribution >= 0.6 is 13.5 Å². The van der Waals surface area contributed by atoms with Crippen LogP contribution in [-0.2, 0) is 17.1 Å². The standard InChI is InChI=1S/C15H16N6O4S.H2S/c1-21-14-9(7-18-21)3-6-12(25-2)13(14)20-26(23,24)10-4-5-11(17-8-10)15(22)19-16;/h3-8,20H,16H2,1-2H3,(H,19,22);1H2. The molecule has 0 atom stereocenters. The van der Waals surface area contributed by atoms with E-state index in [9.17, 15) is 13.2 Å². The first-order chi connectivity index (χ1) is 12.4. The van der Waals surface area contributed by atoms with Crippen LogP contribution in [0.2, 0.25) is 0 Å². The molecule has 0 radical (unpaired) electrons. The van der Waals surface area contributed by atoms with Crippen molar-refractivity contribution >= 4 is 46.0 Å². The second-order valence-corrected chi connectivity index (χ2v) is 6.99. The molecule has 2 heterocycles. The van der Waals surface area contributed by atoms with Gasteiger partial charge in [0, 0.05) is 18.6 Å². The number of nitrogens with one attached hydrogen (secondary N) is 2. The van der Waals surface area contributed by atoms with Crippen molar-refractivity contribution in [3.05, 3.63) is 42.4 Å². The molecular formula is C15H18N6O4S2. The first-order valence-corrected chi connectivity index (χ1v) is 8.84. The number of ether oxygens (including phenoxy) is 1. The number of nitrogens with zero attached hydrogens (tertiary/aromatic N) is 3. The van der Waals surface area contributed by atoms with Crippen molar-refractivity contribution in [2.24, 2.45) is 12.9 Å². The van der Waals surface area contributed by atoms with Gasteiger partial charge in [-0.3, -0.25) is 19.6 Å². The fourth-order valence-electron chi connectivity index (χ4n) is 2.46. The third-order valence-electron chi connectivity index (χ3n) is 3.73. The Morgan fingerprint density at radius 3 is 2.56 bits per heavy atom. The summed E-state index contributed by atoms with van der Waals surface area (Å²) in [7, 11) is -0.840. The Hall–Kier alpha value is -2.83. The lowest BCUT2D eigenvalue weighted by Gasteiger charge is -2.14. The van der Waals surface area contributed by atoms with E-state index >= 15 is 0 Å². The minimum atomic E-state index is -3.98. The zero-order chi connectivity index (χ0) is 18.9. The summed E-state index contributed by atoms with van der Waals surface area (Å²) >= 11 is 0. The van der Waals surface area contributed by atoms with Crippen LogP contribution in [0.25, 0.3) is 10.9 Å². The number of hydrazine groups is 1. The predicted octanol–water partition coefficient (Wildman–Crippen LogP) is 0.494. The SMILES string of the molecule is COc1ccc2cnn(C)c2c1NS(=O)(=O)c1ccc(C(=O)NN)nc1.S. The Morgan fingerprint density at radius 2 is 1.96 bits per heavy atom. The summed E-state index contributed by atoms with van der Waals surface area (Å²) in [6, 6.07) is 5.95. The van der Waals surface area contributed by atoms with Gasteiger partial charge in [0.15, 0.2) is 0 Å². The van der Waals surface area contributed by atoms with Gasteiger partial charge >= 0.3 is 0 Å². The first kappa shape index (κ1) is 20.5. The summed E-state index contributed by atoms with van der Waals surface area (Å²) < 4.78 is 34.8. The number of benzene rings is 1. The van der Waals surface area contributed by atoms with E-state index in [0.717, 1.165) is 11.6 Å². The quantitative estimate of drug-likeness (QED) is 0.316. The molecule has 0 unspecified atom stereocenters. The molecular weight excluding hydrogens is 392 g/mol. The van der Waals surface area contributed by atoms with E-state index in [1.54, 1.807) is 30.1 Å². The molecule has 0 fully saturated rings. The van der Waals surface area contributed by atoms with Gasteiger partial charge in [-0.1, -0.05) is 0 Å². The Kier molecular flexibility index (Phi) is 5.93.